The van der Waals surface area contributed by atoms with Crippen molar-refractivity contribution >= 4 is 11.9 Å². The molecule has 0 bridgehead atoms. The Morgan fingerprint density at radius 1 is 1.00 bits per heavy atom. The number of carboxylic acid groups (broad SMARTS) is 2. The Morgan fingerprint density at radius 3 is 1.62 bits per heavy atom. The van der Waals surface area contributed by atoms with E-state index in [-0.39, 0.29) is 11.1 Å². The zero-order chi connectivity index (χ0) is 12.6. The van der Waals surface area contributed by atoms with Gasteiger partial charge in [0.2, 0.25) is 0 Å². The van der Waals surface area contributed by atoms with Gasteiger partial charge in [-0.25, -0.2) is 9.59 Å². The molecule has 0 unspecified atom stereocenters. The third-order valence-electron chi connectivity index (χ3n) is 1.52. The highest BCUT2D eigenvalue weighted by Crippen LogP contribution is 2.04. The van der Waals surface area contributed by atoms with E-state index in [1.807, 2.05) is 0 Å². The normalized spacial score (nSPS) is 8.25. The zero-order valence-electron chi connectivity index (χ0n) is 8.59. The van der Waals surface area contributed by atoms with Crippen LogP contribution in [0.15, 0.2) is 49.6 Å². The number of aromatic carboxylic acids is 2. The molecule has 0 aromatic heterocycles. The van der Waals surface area contributed by atoms with Crippen LogP contribution in [0.25, 0.3) is 0 Å². The first-order chi connectivity index (χ1) is 7.52. The standard InChI is InChI=1S/C8H6O4.C4H6/c9-7(10)5-2-1-3-6(4-5)8(11)12;1-3-4-2/h1-4H,(H,9,10)(H,11,12);3-4H,1-2H2. The third kappa shape index (κ3) is 4.76. The minimum Gasteiger partial charge on any atom is -0.478 e. The molecule has 0 saturated heterocycles. The predicted octanol–water partition coefficient (Wildman–Crippen LogP) is 2.44. The Hall–Kier alpha value is -2.36. The van der Waals surface area contributed by atoms with E-state index in [1.54, 1.807) is 12.2 Å². The molecule has 0 aliphatic heterocycles. The molecule has 1 aromatic rings. The van der Waals surface area contributed by atoms with Crippen LogP contribution in [-0.4, -0.2) is 22.2 Å². The molecule has 84 valence electrons. The summed E-state index contributed by atoms with van der Waals surface area (Å²) >= 11 is 0. The molecule has 4 nitrogen and oxygen atoms in total. The molecular formula is C12H12O4. The lowest BCUT2D eigenvalue weighted by Gasteiger charge is -1.95. The number of allylic oxidation sites excluding steroid dienone is 2. The van der Waals surface area contributed by atoms with Gasteiger partial charge >= 0.3 is 11.9 Å². The molecule has 0 radical (unpaired) electrons. The fraction of sp³-hybridized carbons (Fsp3) is 0. The molecule has 4 heteroatoms. The van der Waals surface area contributed by atoms with Gasteiger partial charge in [-0.1, -0.05) is 31.4 Å². The van der Waals surface area contributed by atoms with Crippen LogP contribution in [0.4, 0.5) is 0 Å². The number of benzene rings is 1. The largest absolute Gasteiger partial charge is 0.478 e. The summed E-state index contributed by atoms with van der Waals surface area (Å²) < 4.78 is 0. The Morgan fingerprint density at radius 2 is 1.38 bits per heavy atom. The fourth-order valence-electron chi connectivity index (χ4n) is 0.785. The van der Waals surface area contributed by atoms with Crippen molar-refractivity contribution in [3.63, 3.8) is 0 Å². The number of hydrogen-bond donors (Lipinski definition) is 2. The summed E-state index contributed by atoms with van der Waals surface area (Å²) in [5.74, 6) is -2.25. The van der Waals surface area contributed by atoms with E-state index in [0.717, 1.165) is 6.07 Å². The van der Waals surface area contributed by atoms with Gasteiger partial charge in [-0.05, 0) is 18.2 Å². The monoisotopic (exact) mass is 220 g/mol. The molecule has 1 aromatic carbocycles. The summed E-state index contributed by atoms with van der Waals surface area (Å²) in [5, 5.41) is 17.0. The second kappa shape index (κ2) is 7.00. The smallest absolute Gasteiger partial charge is 0.335 e. The topological polar surface area (TPSA) is 74.6 Å². The van der Waals surface area contributed by atoms with E-state index < -0.39 is 11.9 Å². The molecule has 16 heavy (non-hydrogen) atoms. The van der Waals surface area contributed by atoms with Gasteiger partial charge in [-0.2, -0.15) is 0 Å². The molecule has 1 rings (SSSR count). The average Bonchev–Trinajstić information content (AvgIpc) is 2.29. The summed E-state index contributed by atoms with van der Waals surface area (Å²) in [7, 11) is 0. The number of rotatable bonds is 3. The molecule has 0 aliphatic carbocycles. The fourth-order valence-corrected chi connectivity index (χ4v) is 0.785. The molecule has 0 aliphatic rings. The maximum Gasteiger partial charge on any atom is 0.335 e. The highest BCUT2D eigenvalue weighted by molar-refractivity contribution is 5.93. The van der Waals surface area contributed by atoms with Gasteiger partial charge in [0, 0.05) is 0 Å². The third-order valence-corrected chi connectivity index (χ3v) is 1.52. The lowest BCUT2D eigenvalue weighted by atomic mass is 10.1. The van der Waals surface area contributed by atoms with Crippen LogP contribution in [0, 0.1) is 0 Å². The maximum absolute atomic E-state index is 10.4. The van der Waals surface area contributed by atoms with E-state index in [9.17, 15) is 9.59 Å². The quantitative estimate of drug-likeness (QED) is 0.767. The van der Waals surface area contributed by atoms with Crippen molar-refractivity contribution in [3.05, 3.63) is 60.7 Å². The first kappa shape index (κ1) is 13.6. The molecule has 0 spiro atoms. The van der Waals surface area contributed by atoms with E-state index >= 15 is 0 Å². The van der Waals surface area contributed by atoms with E-state index in [0.29, 0.717) is 0 Å². The molecule has 0 heterocycles. The van der Waals surface area contributed by atoms with Crippen molar-refractivity contribution < 1.29 is 19.8 Å². The second-order valence-corrected chi connectivity index (χ2v) is 2.66. The van der Waals surface area contributed by atoms with Crippen molar-refractivity contribution in [1.29, 1.82) is 0 Å². The first-order valence-corrected chi connectivity index (χ1v) is 4.33. The molecule has 0 atom stereocenters. The van der Waals surface area contributed by atoms with E-state index in [2.05, 4.69) is 13.2 Å². The van der Waals surface area contributed by atoms with Gasteiger partial charge in [0.1, 0.15) is 0 Å². The number of carboxylic acids is 2. The zero-order valence-corrected chi connectivity index (χ0v) is 8.59. The SMILES string of the molecule is C=CC=C.O=C(O)c1cccc(C(=O)O)c1. The molecular weight excluding hydrogens is 208 g/mol. The van der Waals surface area contributed by atoms with Crippen LogP contribution in [0.1, 0.15) is 20.7 Å². The van der Waals surface area contributed by atoms with Crippen molar-refractivity contribution in [3.8, 4) is 0 Å². The van der Waals surface area contributed by atoms with Gasteiger partial charge in [0.15, 0.2) is 0 Å². The van der Waals surface area contributed by atoms with Crippen LogP contribution in [0.2, 0.25) is 0 Å². The van der Waals surface area contributed by atoms with Crippen molar-refractivity contribution in [2.75, 3.05) is 0 Å². The number of carbonyl (C=O) groups is 2. The Bertz CT molecular complexity index is 372. The Kier molecular flexibility index (Phi) is 5.97. The van der Waals surface area contributed by atoms with Gasteiger partial charge < -0.3 is 10.2 Å². The van der Waals surface area contributed by atoms with Crippen molar-refractivity contribution in [2.45, 2.75) is 0 Å². The summed E-state index contributed by atoms with van der Waals surface area (Å²) in [6, 6.07) is 5.20. The lowest BCUT2D eigenvalue weighted by molar-refractivity contribution is 0.0696. The van der Waals surface area contributed by atoms with Crippen LogP contribution in [0.5, 0.6) is 0 Å². The van der Waals surface area contributed by atoms with Crippen LogP contribution in [0.3, 0.4) is 0 Å². The van der Waals surface area contributed by atoms with Crippen LogP contribution in [-0.2, 0) is 0 Å². The summed E-state index contributed by atoms with van der Waals surface area (Å²) in [4.78, 5) is 20.8. The maximum atomic E-state index is 10.4. The molecule has 0 amide bonds. The predicted molar refractivity (Wildman–Crippen MR) is 60.8 cm³/mol. The Balaban J connectivity index is 0.000000487. The van der Waals surface area contributed by atoms with Crippen molar-refractivity contribution in [1.82, 2.24) is 0 Å². The van der Waals surface area contributed by atoms with Crippen molar-refractivity contribution in [2.24, 2.45) is 0 Å². The molecule has 2 N–H and O–H groups in total. The van der Waals surface area contributed by atoms with Crippen LogP contribution < -0.4 is 0 Å². The minimum absolute atomic E-state index is 0.0186. The second-order valence-electron chi connectivity index (χ2n) is 2.66. The summed E-state index contributed by atoms with van der Waals surface area (Å²) in [6.07, 6.45) is 3.28. The highest BCUT2D eigenvalue weighted by Gasteiger charge is 2.06. The highest BCUT2D eigenvalue weighted by atomic mass is 16.4. The van der Waals surface area contributed by atoms with Gasteiger partial charge in [0.25, 0.3) is 0 Å². The number of hydrogen-bond acceptors (Lipinski definition) is 2. The Labute approximate surface area is 93.2 Å². The lowest BCUT2D eigenvalue weighted by Crippen LogP contribution is -2.01. The van der Waals surface area contributed by atoms with Gasteiger partial charge in [0.05, 0.1) is 11.1 Å². The van der Waals surface area contributed by atoms with E-state index in [4.69, 9.17) is 10.2 Å². The molecule has 0 fully saturated rings. The van der Waals surface area contributed by atoms with E-state index in [1.165, 1.54) is 18.2 Å². The minimum atomic E-state index is -1.13. The first-order valence-electron chi connectivity index (χ1n) is 4.33. The van der Waals surface area contributed by atoms with Crippen LogP contribution >= 0.6 is 0 Å². The summed E-state index contributed by atoms with van der Waals surface area (Å²) in [5.41, 5.74) is -0.0372. The molecule has 0 saturated carbocycles. The van der Waals surface area contributed by atoms with Gasteiger partial charge in [-0.3, -0.25) is 0 Å². The summed E-state index contributed by atoms with van der Waals surface area (Å²) in [6.45, 7) is 6.72. The van der Waals surface area contributed by atoms with Gasteiger partial charge in [-0.15, -0.1) is 0 Å². The average molecular weight is 220 g/mol.